The summed E-state index contributed by atoms with van der Waals surface area (Å²) in [5.74, 6) is -1.28. The molecule has 0 fully saturated rings. The molecule has 0 bridgehead atoms. The van der Waals surface area contributed by atoms with Crippen molar-refractivity contribution in [2.75, 3.05) is 6.61 Å². The van der Waals surface area contributed by atoms with Crippen LogP contribution in [0.5, 0.6) is 5.75 Å². The predicted molar refractivity (Wildman–Crippen MR) is 50.1 cm³/mol. The Morgan fingerprint density at radius 2 is 2.14 bits per heavy atom. The topological polar surface area (TPSA) is 35.2 Å². The minimum absolute atomic E-state index is 0.0373. The average molecular weight is 201 g/mol. The summed E-state index contributed by atoms with van der Waals surface area (Å²) in [5, 5.41) is 0. The van der Waals surface area contributed by atoms with Crippen LogP contribution in [-0.4, -0.2) is 12.6 Å². The fraction of sp³-hybridized carbons (Fsp3) is 0.400. The maximum atomic E-state index is 13.0. The Morgan fingerprint density at radius 1 is 1.43 bits per heavy atom. The van der Waals surface area contributed by atoms with Crippen LogP contribution in [0.25, 0.3) is 0 Å². The van der Waals surface area contributed by atoms with Gasteiger partial charge in [0.05, 0.1) is 0 Å². The Bertz CT molecular complexity index is 304. The molecule has 0 aliphatic carbocycles. The molecule has 2 nitrogen and oxygen atoms in total. The van der Waals surface area contributed by atoms with Crippen molar-refractivity contribution < 1.29 is 13.5 Å². The molecule has 0 unspecified atom stereocenters. The van der Waals surface area contributed by atoms with E-state index in [9.17, 15) is 8.78 Å². The van der Waals surface area contributed by atoms with E-state index in [1.165, 1.54) is 6.07 Å². The number of halogens is 2. The Labute approximate surface area is 81.7 Å². The molecule has 0 aliphatic rings. The number of ether oxygens (including phenoxy) is 1. The van der Waals surface area contributed by atoms with Crippen molar-refractivity contribution in [1.29, 1.82) is 0 Å². The monoisotopic (exact) mass is 201 g/mol. The van der Waals surface area contributed by atoms with E-state index in [1.807, 2.05) is 6.92 Å². The summed E-state index contributed by atoms with van der Waals surface area (Å²) < 4.78 is 30.6. The number of hydrogen-bond donors (Lipinski definition) is 1. The van der Waals surface area contributed by atoms with E-state index >= 15 is 0 Å². The highest BCUT2D eigenvalue weighted by Crippen LogP contribution is 2.17. The predicted octanol–water partition coefficient (Wildman–Crippen LogP) is 2.08. The third-order valence-electron chi connectivity index (χ3n) is 1.87. The number of hydrogen-bond acceptors (Lipinski definition) is 2. The maximum Gasteiger partial charge on any atom is 0.167 e. The highest BCUT2D eigenvalue weighted by atomic mass is 19.1. The van der Waals surface area contributed by atoms with Crippen LogP contribution in [0.1, 0.15) is 13.3 Å². The lowest BCUT2D eigenvalue weighted by Crippen LogP contribution is -2.26. The first-order valence-electron chi connectivity index (χ1n) is 4.47. The zero-order chi connectivity index (χ0) is 10.6. The van der Waals surface area contributed by atoms with Crippen molar-refractivity contribution in [1.82, 2.24) is 0 Å². The second-order valence-corrected chi connectivity index (χ2v) is 3.05. The molecule has 0 heterocycles. The molecule has 0 amide bonds. The van der Waals surface area contributed by atoms with Crippen LogP contribution in [0.2, 0.25) is 0 Å². The van der Waals surface area contributed by atoms with Crippen LogP contribution < -0.4 is 10.5 Å². The van der Waals surface area contributed by atoms with Crippen molar-refractivity contribution in [3.63, 3.8) is 0 Å². The zero-order valence-electron chi connectivity index (χ0n) is 7.97. The van der Waals surface area contributed by atoms with Gasteiger partial charge in [0.25, 0.3) is 0 Å². The van der Waals surface area contributed by atoms with Gasteiger partial charge in [-0.05, 0) is 18.6 Å². The molecular weight excluding hydrogens is 188 g/mol. The highest BCUT2D eigenvalue weighted by molar-refractivity contribution is 5.24. The van der Waals surface area contributed by atoms with Crippen molar-refractivity contribution in [3.05, 3.63) is 29.8 Å². The van der Waals surface area contributed by atoms with Crippen LogP contribution in [0.3, 0.4) is 0 Å². The molecule has 0 saturated carbocycles. The molecule has 2 N–H and O–H groups in total. The summed E-state index contributed by atoms with van der Waals surface area (Å²) in [5.41, 5.74) is 5.58. The lowest BCUT2D eigenvalue weighted by Gasteiger charge is -2.11. The second-order valence-electron chi connectivity index (χ2n) is 3.05. The minimum Gasteiger partial charge on any atom is -0.489 e. The maximum absolute atomic E-state index is 13.0. The number of nitrogens with two attached hydrogens (primary N) is 1. The molecule has 0 aromatic heterocycles. The molecule has 0 saturated heterocycles. The summed E-state index contributed by atoms with van der Waals surface area (Å²) in [6.07, 6.45) is 0.753. The van der Waals surface area contributed by atoms with Crippen LogP contribution in [0.15, 0.2) is 18.2 Å². The van der Waals surface area contributed by atoms with Crippen molar-refractivity contribution in [2.24, 2.45) is 5.73 Å². The lowest BCUT2D eigenvalue weighted by molar-refractivity contribution is 0.272. The van der Waals surface area contributed by atoms with E-state index in [4.69, 9.17) is 10.5 Å². The molecule has 1 atom stereocenters. The smallest absolute Gasteiger partial charge is 0.167 e. The second kappa shape index (κ2) is 4.91. The summed E-state index contributed by atoms with van der Waals surface area (Å²) in [6.45, 7) is 2.15. The van der Waals surface area contributed by atoms with E-state index in [0.29, 0.717) is 0 Å². The normalized spacial score (nSPS) is 12.6. The van der Waals surface area contributed by atoms with Crippen LogP contribution in [-0.2, 0) is 0 Å². The Hall–Kier alpha value is -1.16. The van der Waals surface area contributed by atoms with Crippen LogP contribution in [0.4, 0.5) is 8.78 Å². The Morgan fingerprint density at radius 3 is 2.71 bits per heavy atom. The Kier molecular flexibility index (Phi) is 3.83. The standard InChI is InChI=1S/C10H13F2NO/c1-2-8(13)6-14-10-4-3-7(11)5-9(10)12/h3-5,8H,2,6,13H2,1H3/t8-/m0/s1. The molecular formula is C10H13F2NO. The molecule has 1 aromatic carbocycles. The third-order valence-corrected chi connectivity index (χ3v) is 1.87. The van der Waals surface area contributed by atoms with E-state index in [1.54, 1.807) is 0 Å². The number of benzene rings is 1. The average Bonchev–Trinajstić information content (AvgIpc) is 2.16. The van der Waals surface area contributed by atoms with Gasteiger partial charge in [-0.25, -0.2) is 8.78 Å². The van der Waals surface area contributed by atoms with Gasteiger partial charge in [0.2, 0.25) is 0 Å². The largest absolute Gasteiger partial charge is 0.489 e. The van der Waals surface area contributed by atoms with Crippen molar-refractivity contribution >= 4 is 0 Å². The molecule has 1 rings (SSSR count). The van der Waals surface area contributed by atoms with Gasteiger partial charge in [-0.1, -0.05) is 6.92 Å². The van der Waals surface area contributed by atoms with E-state index in [-0.39, 0.29) is 18.4 Å². The fourth-order valence-electron chi connectivity index (χ4n) is 0.907. The first kappa shape index (κ1) is 10.9. The SMILES string of the molecule is CC[C@H](N)COc1ccc(F)cc1F. The summed E-state index contributed by atoms with van der Waals surface area (Å²) in [7, 11) is 0. The fourth-order valence-corrected chi connectivity index (χ4v) is 0.907. The molecule has 0 spiro atoms. The van der Waals surface area contributed by atoms with Crippen molar-refractivity contribution in [2.45, 2.75) is 19.4 Å². The van der Waals surface area contributed by atoms with Gasteiger partial charge in [0.1, 0.15) is 12.4 Å². The lowest BCUT2D eigenvalue weighted by atomic mass is 10.2. The number of rotatable bonds is 4. The van der Waals surface area contributed by atoms with Crippen LogP contribution >= 0.6 is 0 Å². The quantitative estimate of drug-likeness (QED) is 0.809. The molecule has 0 radical (unpaired) electrons. The van der Waals surface area contributed by atoms with Gasteiger partial charge >= 0.3 is 0 Å². The first-order chi connectivity index (χ1) is 6.63. The van der Waals surface area contributed by atoms with Gasteiger partial charge < -0.3 is 10.5 Å². The summed E-state index contributed by atoms with van der Waals surface area (Å²) in [4.78, 5) is 0. The molecule has 78 valence electrons. The van der Waals surface area contributed by atoms with Gasteiger partial charge in [0, 0.05) is 12.1 Å². The molecule has 14 heavy (non-hydrogen) atoms. The zero-order valence-corrected chi connectivity index (χ0v) is 7.97. The first-order valence-corrected chi connectivity index (χ1v) is 4.47. The molecule has 0 aliphatic heterocycles. The van der Waals surface area contributed by atoms with Gasteiger partial charge in [0.15, 0.2) is 11.6 Å². The third kappa shape index (κ3) is 2.96. The molecule has 4 heteroatoms. The van der Waals surface area contributed by atoms with Gasteiger partial charge in [-0.2, -0.15) is 0 Å². The van der Waals surface area contributed by atoms with Crippen LogP contribution in [0, 0.1) is 11.6 Å². The van der Waals surface area contributed by atoms with E-state index in [2.05, 4.69) is 0 Å². The van der Waals surface area contributed by atoms with E-state index in [0.717, 1.165) is 18.6 Å². The van der Waals surface area contributed by atoms with E-state index < -0.39 is 11.6 Å². The molecule has 1 aromatic rings. The van der Waals surface area contributed by atoms with Gasteiger partial charge in [-0.15, -0.1) is 0 Å². The van der Waals surface area contributed by atoms with Gasteiger partial charge in [-0.3, -0.25) is 0 Å². The van der Waals surface area contributed by atoms with Crippen molar-refractivity contribution in [3.8, 4) is 5.75 Å². The highest BCUT2D eigenvalue weighted by Gasteiger charge is 2.06. The Balaban J connectivity index is 2.59. The minimum atomic E-state index is -0.701. The summed E-state index contributed by atoms with van der Waals surface area (Å²) in [6, 6.07) is 3.06. The summed E-state index contributed by atoms with van der Waals surface area (Å²) >= 11 is 0.